The minimum Gasteiger partial charge on any atom is -0.459 e. The predicted octanol–water partition coefficient (Wildman–Crippen LogP) is 2.13. The molecule has 0 aliphatic heterocycles. The van der Waals surface area contributed by atoms with Gasteiger partial charge in [-0.05, 0) is 36.4 Å². The monoisotopic (exact) mass is 276 g/mol. The van der Waals surface area contributed by atoms with Gasteiger partial charge in [0, 0.05) is 12.7 Å². The first-order valence-electron chi connectivity index (χ1n) is 5.90. The number of furan rings is 1. The van der Waals surface area contributed by atoms with Crippen LogP contribution in [-0.2, 0) is 4.79 Å². The van der Waals surface area contributed by atoms with Crippen molar-refractivity contribution in [3.8, 4) is 0 Å². The van der Waals surface area contributed by atoms with Crippen LogP contribution in [0.15, 0.2) is 47.1 Å². The predicted molar refractivity (Wildman–Crippen MR) is 70.7 cm³/mol. The third-order valence-corrected chi connectivity index (χ3v) is 2.59. The van der Waals surface area contributed by atoms with Crippen LogP contribution in [-0.4, -0.2) is 30.3 Å². The molecule has 20 heavy (non-hydrogen) atoms. The van der Waals surface area contributed by atoms with E-state index in [0.717, 1.165) is 0 Å². The Morgan fingerprint density at radius 3 is 2.55 bits per heavy atom. The lowest BCUT2D eigenvalue weighted by Crippen LogP contribution is -2.34. The van der Waals surface area contributed by atoms with Gasteiger partial charge in [0.25, 0.3) is 5.91 Å². The normalized spacial score (nSPS) is 10.1. The molecular weight excluding hydrogens is 263 g/mol. The van der Waals surface area contributed by atoms with Gasteiger partial charge in [-0.3, -0.25) is 9.59 Å². The van der Waals surface area contributed by atoms with Crippen molar-refractivity contribution >= 4 is 17.5 Å². The van der Waals surface area contributed by atoms with Crippen molar-refractivity contribution in [2.45, 2.75) is 0 Å². The number of benzene rings is 1. The molecule has 0 radical (unpaired) electrons. The minimum absolute atomic E-state index is 0.128. The fraction of sp³-hybridized carbons (Fsp3) is 0.143. The molecule has 0 saturated heterocycles. The zero-order chi connectivity index (χ0) is 14.5. The second-order valence-electron chi connectivity index (χ2n) is 4.19. The van der Waals surface area contributed by atoms with Crippen molar-refractivity contribution in [1.82, 2.24) is 4.90 Å². The summed E-state index contributed by atoms with van der Waals surface area (Å²) in [7, 11) is 1.50. The largest absolute Gasteiger partial charge is 0.459 e. The van der Waals surface area contributed by atoms with E-state index in [9.17, 15) is 14.0 Å². The lowest BCUT2D eigenvalue weighted by molar-refractivity contribution is -0.116. The molecule has 1 N–H and O–H groups in total. The Bertz CT molecular complexity index is 593. The Labute approximate surface area is 115 Å². The third kappa shape index (κ3) is 3.44. The number of rotatable bonds is 4. The number of hydrogen-bond donors (Lipinski definition) is 1. The van der Waals surface area contributed by atoms with E-state index < -0.39 is 0 Å². The number of carbonyl (C=O) groups is 2. The van der Waals surface area contributed by atoms with E-state index in [4.69, 9.17) is 4.42 Å². The fourth-order valence-electron chi connectivity index (χ4n) is 1.61. The van der Waals surface area contributed by atoms with Crippen LogP contribution in [0.2, 0.25) is 0 Å². The molecule has 6 heteroatoms. The van der Waals surface area contributed by atoms with Crippen molar-refractivity contribution < 1.29 is 18.4 Å². The maximum Gasteiger partial charge on any atom is 0.289 e. The Morgan fingerprint density at radius 1 is 1.25 bits per heavy atom. The van der Waals surface area contributed by atoms with Gasteiger partial charge in [0.2, 0.25) is 5.91 Å². The Balaban J connectivity index is 1.91. The van der Waals surface area contributed by atoms with E-state index in [2.05, 4.69) is 5.32 Å². The molecule has 1 aromatic carbocycles. The topological polar surface area (TPSA) is 62.6 Å². The molecule has 2 aromatic rings. The van der Waals surface area contributed by atoms with Crippen LogP contribution >= 0.6 is 0 Å². The summed E-state index contributed by atoms with van der Waals surface area (Å²) in [5, 5.41) is 2.57. The van der Waals surface area contributed by atoms with Gasteiger partial charge in [0.15, 0.2) is 5.76 Å². The summed E-state index contributed by atoms with van der Waals surface area (Å²) in [6, 6.07) is 8.50. The van der Waals surface area contributed by atoms with Gasteiger partial charge in [-0.25, -0.2) is 4.39 Å². The minimum atomic E-state index is -0.385. The number of halogens is 1. The summed E-state index contributed by atoms with van der Waals surface area (Å²) in [4.78, 5) is 24.8. The van der Waals surface area contributed by atoms with E-state index >= 15 is 0 Å². The Morgan fingerprint density at radius 2 is 1.95 bits per heavy atom. The number of nitrogens with zero attached hydrogens (tertiary/aromatic N) is 1. The average molecular weight is 276 g/mol. The molecule has 0 bridgehead atoms. The zero-order valence-corrected chi connectivity index (χ0v) is 10.8. The maximum absolute atomic E-state index is 12.7. The van der Waals surface area contributed by atoms with Gasteiger partial charge in [0.1, 0.15) is 5.82 Å². The Hall–Kier alpha value is -2.63. The standard InChI is InChI=1S/C14H13FN2O3/c1-17(14(19)12-3-2-8-20-12)9-13(18)16-11-6-4-10(15)5-7-11/h2-8H,9H2,1H3,(H,16,18). The molecule has 1 aromatic heterocycles. The summed E-state index contributed by atoms with van der Waals surface area (Å²) < 4.78 is 17.7. The van der Waals surface area contributed by atoms with Crippen LogP contribution in [0, 0.1) is 5.82 Å². The van der Waals surface area contributed by atoms with Gasteiger partial charge in [-0.15, -0.1) is 0 Å². The zero-order valence-electron chi connectivity index (χ0n) is 10.8. The highest BCUT2D eigenvalue weighted by molar-refractivity contribution is 5.97. The summed E-state index contributed by atoms with van der Waals surface area (Å²) in [5.41, 5.74) is 0.468. The van der Waals surface area contributed by atoms with E-state index in [1.54, 1.807) is 6.07 Å². The lowest BCUT2D eigenvalue weighted by Gasteiger charge is -2.15. The highest BCUT2D eigenvalue weighted by atomic mass is 19.1. The molecule has 0 aliphatic carbocycles. The molecule has 5 nitrogen and oxygen atoms in total. The first-order valence-corrected chi connectivity index (χ1v) is 5.90. The van der Waals surface area contributed by atoms with Crippen LogP contribution in [0.1, 0.15) is 10.6 Å². The second kappa shape index (κ2) is 6.01. The van der Waals surface area contributed by atoms with Gasteiger partial charge in [0.05, 0.1) is 12.8 Å². The van der Waals surface area contributed by atoms with Crippen molar-refractivity contribution in [3.63, 3.8) is 0 Å². The smallest absolute Gasteiger partial charge is 0.289 e. The van der Waals surface area contributed by atoms with Crippen LogP contribution in [0.25, 0.3) is 0 Å². The highest BCUT2D eigenvalue weighted by Gasteiger charge is 2.17. The van der Waals surface area contributed by atoms with E-state index in [1.165, 1.54) is 48.5 Å². The number of hydrogen-bond acceptors (Lipinski definition) is 3. The van der Waals surface area contributed by atoms with E-state index in [0.29, 0.717) is 5.69 Å². The first kappa shape index (κ1) is 13.8. The molecule has 0 fully saturated rings. The highest BCUT2D eigenvalue weighted by Crippen LogP contribution is 2.09. The molecule has 1 heterocycles. The molecular formula is C14H13FN2O3. The molecule has 0 unspecified atom stereocenters. The fourth-order valence-corrected chi connectivity index (χ4v) is 1.61. The first-order chi connectivity index (χ1) is 9.56. The molecule has 0 atom stereocenters. The van der Waals surface area contributed by atoms with Crippen LogP contribution in [0.3, 0.4) is 0 Å². The van der Waals surface area contributed by atoms with Crippen molar-refractivity contribution in [2.75, 3.05) is 18.9 Å². The van der Waals surface area contributed by atoms with Crippen LogP contribution in [0.4, 0.5) is 10.1 Å². The molecule has 0 aliphatic rings. The molecule has 0 spiro atoms. The SMILES string of the molecule is CN(CC(=O)Nc1ccc(F)cc1)C(=O)c1ccco1. The number of anilines is 1. The van der Waals surface area contributed by atoms with Crippen molar-refractivity contribution in [3.05, 3.63) is 54.2 Å². The van der Waals surface area contributed by atoms with E-state index in [-0.39, 0.29) is 29.9 Å². The van der Waals surface area contributed by atoms with Crippen LogP contribution < -0.4 is 5.32 Å². The maximum atomic E-state index is 12.7. The number of amides is 2. The van der Waals surface area contributed by atoms with Crippen molar-refractivity contribution in [1.29, 1.82) is 0 Å². The lowest BCUT2D eigenvalue weighted by atomic mass is 10.3. The number of carbonyl (C=O) groups excluding carboxylic acids is 2. The van der Waals surface area contributed by atoms with Crippen molar-refractivity contribution in [2.24, 2.45) is 0 Å². The summed E-state index contributed by atoms with van der Waals surface area (Å²) in [5.74, 6) is -0.974. The second-order valence-corrected chi connectivity index (χ2v) is 4.19. The Kier molecular flexibility index (Phi) is 4.14. The number of likely N-dealkylation sites (N-methyl/N-ethyl adjacent to an activating group) is 1. The summed E-state index contributed by atoms with van der Waals surface area (Å²) >= 11 is 0. The van der Waals surface area contributed by atoms with Gasteiger partial charge >= 0.3 is 0 Å². The van der Waals surface area contributed by atoms with Gasteiger partial charge in [-0.2, -0.15) is 0 Å². The molecule has 104 valence electrons. The molecule has 2 rings (SSSR count). The quantitative estimate of drug-likeness (QED) is 0.930. The summed E-state index contributed by atoms with van der Waals surface area (Å²) in [6.45, 7) is -0.128. The van der Waals surface area contributed by atoms with Gasteiger partial charge < -0.3 is 14.6 Å². The number of nitrogens with one attached hydrogen (secondary N) is 1. The molecule has 0 saturated carbocycles. The van der Waals surface area contributed by atoms with E-state index in [1.807, 2.05) is 0 Å². The van der Waals surface area contributed by atoms with Crippen LogP contribution in [0.5, 0.6) is 0 Å². The average Bonchev–Trinajstić information content (AvgIpc) is 2.94. The third-order valence-electron chi connectivity index (χ3n) is 2.59. The van der Waals surface area contributed by atoms with Gasteiger partial charge in [-0.1, -0.05) is 0 Å². The molecule has 2 amide bonds. The summed E-state index contributed by atoms with van der Waals surface area (Å²) in [6.07, 6.45) is 1.39.